The summed E-state index contributed by atoms with van der Waals surface area (Å²) >= 11 is 1.83. The van der Waals surface area contributed by atoms with Gasteiger partial charge < -0.3 is 10.7 Å². The lowest BCUT2D eigenvalue weighted by atomic mass is 10.1. The van der Waals surface area contributed by atoms with Crippen molar-refractivity contribution in [3.05, 3.63) is 59.3 Å². The van der Waals surface area contributed by atoms with Gasteiger partial charge in [0, 0.05) is 26.9 Å². The van der Waals surface area contributed by atoms with Crippen molar-refractivity contribution < 1.29 is 0 Å². The lowest BCUT2D eigenvalue weighted by Crippen LogP contribution is -2.03. The fraction of sp³-hybridized carbons (Fsp3) is 0.263. The Labute approximate surface area is 136 Å². The molecule has 22 heavy (non-hydrogen) atoms. The van der Waals surface area contributed by atoms with E-state index >= 15 is 0 Å². The van der Waals surface area contributed by atoms with Crippen molar-refractivity contribution in [3.63, 3.8) is 0 Å². The fourth-order valence-corrected chi connectivity index (χ4v) is 3.91. The van der Waals surface area contributed by atoms with E-state index in [1.165, 1.54) is 37.4 Å². The van der Waals surface area contributed by atoms with Gasteiger partial charge in [0.25, 0.3) is 0 Å². The first-order valence-electron chi connectivity index (χ1n) is 7.79. The number of rotatable bonds is 5. The van der Waals surface area contributed by atoms with Crippen molar-refractivity contribution >= 4 is 22.7 Å². The molecule has 0 amide bonds. The molecule has 0 unspecified atom stereocenters. The molecule has 0 saturated heterocycles. The van der Waals surface area contributed by atoms with E-state index in [0.29, 0.717) is 6.54 Å². The van der Waals surface area contributed by atoms with E-state index in [0.717, 1.165) is 12.8 Å². The molecule has 2 aromatic carbocycles. The van der Waals surface area contributed by atoms with Gasteiger partial charge in [0.1, 0.15) is 0 Å². The van der Waals surface area contributed by atoms with Gasteiger partial charge in [-0.1, -0.05) is 54.6 Å². The van der Waals surface area contributed by atoms with E-state index in [1.54, 1.807) is 0 Å². The summed E-state index contributed by atoms with van der Waals surface area (Å²) < 4.78 is 0. The van der Waals surface area contributed by atoms with Crippen molar-refractivity contribution in [1.29, 1.82) is 0 Å². The van der Waals surface area contributed by atoms with Crippen LogP contribution in [-0.2, 0) is 12.8 Å². The maximum Gasteiger partial charge on any atom is 0.0498 e. The second-order valence-corrected chi connectivity index (χ2v) is 6.68. The normalized spacial score (nSPS) is 11.2. The largest absolute Gasteiger partial charge is 0.360 e. The van der Waals surface area contributed by atoms with Crippen molar-refractivity contribution in [2.75, 3.05) is 6.54 Å². The summed E-state index contributed by atoms with van der Waals surface area (Å²) in [6.45, 7) is 5.01. The molecule has 3 rings (SSSR count). The third kappa shape index (κ3) is 2.92. The number of hydrogen-bond donors (Lipinski definition) is 2. The number of aromatic amines is 1. The van der Waals surface area contributed by atoms with Crippen LogP contribution in [0.25, 0.3) is 10.9 Å². The topological polar surface area (TPSA) is 41.8 Å². The van der Waals surface area contributed by atoms with Crippen LogP contribution in [0.4, 0.5) is 0 Å². The number of hydrogen-bond acceptors (Lipinski definition) is 2. The zero-order chi connectivity index (χ0) is 15.5. The molecule has 0 radical (unpaired) electrons. The minimum absolute atomic E-state index is 0.685. The molecule has 3 N–H and O–H groups in total. The predicted octanol–water partition coefficient (Wildman–Crippen LogP) is 4.69. The number of H-pyrrole nitrogens is 1. The van der Waals surface area contributed by atoms with E-state index in [-0.39, 0.29) is 0 Å². The fourth-order valence-electron chi connectivity index (χ4n) is 2.85. The molecule has 3 aromatic rings. The maximum atomic E-state index is 5.77. The Kier molecular flexibility index (Phi) is 4.55. The monoisotopic (exact) mass is 310 g/mol. The summed E-state index contributed by atoms with van der Waals surface area (Å²) in [6, 6.07) is 13.2. The Morgan fingerprint density at radius 1 is 1.09 bits per heavy atom. The molecule has 0 fully saturated rings. The van der Waals surface area contributed by atoms with Crippen LogP contribution in [0.2, 0.25) is 0 Å². The molecule has 1 aromatic heterocycles. The number of nitrogens with two attached hydrogens (primary N) is 1. The number of nitrogens with one attached hydrogen (secondary N) is 1. The lowest BCUT2D eigenvalue weighted by molar-refractivity contribution is 0.942. The van der Waals surface area contributed by atoms with E-state index in [9.17, 15) is 0 Å². The first-order valence-corrected chi connectivity index (χ1v) is 8.61. The molecule has 0 bridgehead atoms. The minimum atomic E-state index is 0.685. The first kappa shape index (κ1) is 15.2. The molecule has 0 spiro atoms. The molecule has 0 aliphatic carbocycles. The molecular formula is C19H22N2S. The number of aryl methyl sites for hydroxylation is 2. The Bertz CT molecular complexity index is 789. The standard InChI is InChI=1S/C19H22N2S/c1-3-14-5-4-6-16-18(12-21-19(14)16)22-17-8-7-13(2)11-15(17)9-10-20/h4-8,11-12,21H,3,9-10,20H2,1-2H3. The van der Waals surface area contributed by atoms with Gasteiger partial charge in [-0.15, -0.1) is 0 Å². The highest BCUT2D eigenvalue weighted by Gasteiger charge is 2.10. The van der Waals surface area contributed by atoms with Crippen molar-refractivity contribution in [2.24, 2.45) is 5.73 Å². The van der Waals surface area contributed by atoms with Crippen LogP contribution < -0.4 is 5.73 Å². The molecular weight excluding hydrogens is 288 g/mol. The molecule has 0 aliphatic heterocycles. The van der Waals surface area contributed by atoms with Gasteiger partial charge in [-0.05, 0) is 43.5 Å². The van der Waals surface area contributed by atoms with Crippen molar-refractivity contribution in [1.82, 2.24) is 4.98 Å². The molecule has 114 valence electrons. The Hall–Kier alpha value is -1.71. The second kappa shape index (κ2) is 6.59. The van der Waals surface area contributed by atoms with E-state index in [1.807, 2.05) is 11.8 Å². The highest BCUT2D eigenvalue weighted by molar-refractivity contribution is 7.99. The quantitative estimate of drug-likeness (QED) is 0.718. The smallest absolute Gasteiger partial charge is 0.0498 e. The van der Waals surface area contributed by atoms with E-state index in [2.05, 4.69) is 61.4 Å². The van der Waals surface area contributed by atoms with Gasteiger partial charge >= 0.3 is 0 Å². The third-order valence-electron chi connectivity index (χ3n) is 3.99. The highest BCUT2D eigenvalue weighted by Crippen LogP contribution is 2.36. The SMILES string of the molecule is CCc1cccc2c(Sc3ccc(C)cc3CCN)c[nH]c12. The van der Waals surface area contributed by atoms with E-state index < -0.39 is 0 Å². The van der Waals surface area contributed by atoms with Crippen LogP contribution >= 0.6 is 11.8 Å². The second-order valence-electron chi connectivity index (χ2n) is 5.60. The van der Waals surface area contributed by atoms with Gasteiger partial charge in [0.2, 0.25) is 0 Å². The summed E-state index contributed by atoms with van der Waals surface area (Å²) in [5, 5.41) is 1.31. The lowest BCUT2D eigenvalue weighted by Gasteiger charge is -2.09. The number of benzene rings is 2. The number of aromatic nitrogens is 1. The van der Waals surface area contributed by atoms with Crippen LogP contribution in [0.5, 0.6) is 0 Å². The molecule has 2 nitrogen and oxygen atoms in total. The highest BCUT2D eigenvalue weighted by atomic mass is 32.2. The summed E-state index contributed by atoms with van der Waals surface area (Å²) in [7, 11) is 0. The van der Waals surface area contributed by atoms with E-state index in [4.69, 9.17) is 5.73 Å². The average molecular weight is 310 g/mol. The van der Waals surface area contributed by atoms with Crippen LogP contribution in [0.3, 0.4) is 0 Å². The van der Waals surface area contributed by atoms with Crippen LogP contribution in [-0.4, -0.2) is 11.5 Å². The number of fused-ring (bicyclic) bond motifs is 1. The van der Waals surface area contributed by atoms with Crippen molar-refractivity contribution in [2.45, 2.75) is 36.5 Å². The summed E-state index contributed by atoms with van der Waals surface area (Å²) in [6.07, 6.45) is 4.10. The molecule has 0 atom stereocenters. The van der Waals surface area contributed by atoms with Crippen LogP contribution in [0, 0.1) is 6.92 Å². The van der Waals surface area contributed by atoms with Crippen molar-refractivity contribution in [3.8, 4) is 0 Å². The Morgan fingerprint density at radius 2 is 1.95 bits per heavy atom. The van der Waals surface area contributed by atoms with Gasteiger partial charge in [-0.2, -0.15) is 0 Å². The predicted molar refractivity (Wildman–Crippen MR) is 95.7 cm³/mol. The molecule has 1 heterocycles. The first-order chi connectivity index (χ1) is 10.7. The zero-order valence-electron chi connectivity index (χ0n) is 13.1. The van der Waals surface area contributed by atoms with Gasteiger partial charge in [0.05, 0.1) is 0 Å². The zero-order valence-corrected chi connectivity index (χ0v) is 14.0. The summed E-state index contributed by atoms with van der Waals surface area (Å²) in [5.74, 6) is 0. The van der Waals surface area contributed by atoms with Gasteiger partial charge in [0.15, 0.2) is 0 Å². The molecule has 0 saturated carbocycles. The average Bonchev–Trinajstić information content (AvgIpc) is 2.93. The Morgan fingerprint density at radius 3 is 2.73 bits per heavy atom. The Balaban J connectivity index is 2.00. The third-order valence-corrected chi connectivity index (χ3v) is 5.17. The molecule has 0 aliphatic rings. The van der Waals surface area contributed by atoms with Crippen LogP contribution in [0.15, 0.2) is 52.4 Å². The van der Waals surface area contributed by atoms with Gasteiger partial charge in [-0.25, -0.2) is 0 Å². The summed E-state index contributed by atoms with van der Waals surface area (Å²) in [4.78, 5) is 6.03. The number of para-hydroxylation sites is 1. The van der Waals surface area contributed by atoms with Crippen LogP contribution in [0.1, 0.15) is 23.6 Å². The van der Waals surface area contributed by atoms with Gasteiger partial charge in [-0.3, -0.25) is 0 Å². The summed E-state index contributed by atoms with van der Waals surface area (Å²) in [5.41, 5.74) is 11.0. The maximum absolute atomic E-state index is 5.77. The minimum Gasteiger partial charge on any atom is -0.360 e. The molecule has 3 heteroatoms.